The van der Waals surface area contributed by atoms with Crippen LogP contribution in [0.4, 0.5) is 0 Å². The first kappa shape index (κ1) is 15.8. The number of rotatable bonds is 4. The van der Waals surface area contributed by atoms with Gasteiger partial charge < -0.3 is 0 Å². The van der Waals surface area contributed by atoms with E-state index in [-0.39, 0.29) is 23.8 Å². The number of nitrogens with zero attached hydrogens (tertiary/aromatic N) is 2. The van der Waals surface area contributed by atoms with Crippen molar-refractivity contribution in [1.29, 1.82) is 5.26 Å². The lowest BCUT2D eigenvalue weighted by atomic mass is 9.76. The third-order valence-corrected chi connectivity index (χ3v) is 6.85. The quantitative estimate of drug-likeness (QED) is 0.798. The second-order valence-electron chi connectivity index (χ2n) is 6.49. The molecule has 0 aromatic heterocycles. The summed E-state index contributed by atoms with van der Waals surface area (Å²) in [7, 11) is -0.829. The highest BCUT2D eigenvalue weighted by molar-refractivity contribution is 7.91. The normalized spacial score (nSPS) is 36.9. The first-order valence-corrected chi connectivity index (χ1v) is 9.61. The lowest BCUT2D eigenvalue weighted by molar-refractivity contribution is 0.0929. The van der Waals surface area contributed by atoms with Gasteiger partial charge in [-0.1, -0.05) is 19.8 Å². The number of nitriles is 1. The molecule has 0 radical (unpaired) electrons. The van der Waals surface area contributed by atoms with Crippen molar-refractivity contribution in [3.63, 3.8) is 0 Å². The van der Waals surface area contributed by atoms with Crippen molar-refractivity contribution in [1.82, 2.24) is 4.90 Å². The molecule has 4 nitrogen and oxygen atoms in total. The molecule has 1 aliphatic carbocycles. The minimum absolute atomic E-state index is 0.0661. The Hall–Kier alpha value is -0.600. The molecule has 2 fully saturated rings. The van der Waals surface area contributed by atoms with Crippen LogP contribution < -0.4 is 0 Å². The first-order chi connectivity index (χ1) is 9.46. The summed E-state index contributed by atoms with van der Waals surface area (Å²) in [5.41, 5.74) is 0. The molecule has 1 aliphatic heterocycles. The zero-order valence-electron chi connectivity index (χ0n) is 12.6. The summed E-state index contributed by atoms with van der Waals surface area (Å²) in [4.78, 5) is 2.21. The van der Waals surface area contributed by atoms with Crippen molar-refractivity contribution in [2.45, 2.75) is 57.5 Å². The minimum atomic E-state index is -2.85. The molecule has 1 heterocycles. The lowest BCUT2D eigenvalue weighted by Crippen LogP contribution is -2.47. The summed E-state index contributed by atoms with van der Waals surface area (Å²) in [5.74, 6) is 1.35. The maximum Gasteiger partial charge on any atom is 0.151 e. The maximum absolute atomic E-state index is 11.7. The van der Waals surface area contributed by atoms with Gasteiger partial charge in [0.2, 0.25) is 0 Å². The van der Waals surface area contributed by atoms with E-state index >= 15 is 0 Å². The second-order valence-corrected chi connectivity index (χ2v) is 8.72. The highest BCUT2D eigenvalue weighted by Crippen LogP contribution is 2.35. The largest absolute Gasteiger partial charge is 0.298 e. The molecule has 4 unspecified atom stereocenters. The smallest absolute Gasteiger partial charge is 0.151 e. The molecule has 1 saturated carbocycles. The predicted molar refractivity (Wildman–Crippen MR) is 80.0 cm³/mol. The topological polar surface area (TPSA) is 61.2 Å². The van der Waals surface area contributed by atoms with E-state index in [4.69, 9.17) is 0 Å². The van der Waals surface area contributed by atoms with Crippen LogP contribution in [0.2, 0.25) is 0 Å². The first-order valence-electron chi connectivity index (χ1n) is 7.78. The summed E-state index contributed by atoms with van der Waals surface area (Å²) >= 11 is 0. The highest BCUT2D eigenvalue weighted by atomic mass is 32.2. The van der Waals surface area contributed by atoms with Gasteiger partial charge in [0.15, 0.2) is 9.84 Å². The Kier molecular flexibility index (Phi) is 5.09. The van der Waals surface area contributed by atoms with Crippen LogP contribution in [0.15, 0.2) is 0 Å². The van der Waals surface area contributed by atoms with Crippen LogP contribution in [0.1, 0.15) is 45.4 Å². The van der Waals surface area contributed by atoms with Crippen LogP contribution in [0, 0.1) is 23.2 Å². The average Bonchev–Trinajstić information content (AvgIpc) is 2.78. The van der Waals surface area contributed by atoms with E-state index in [1.54, 1.807) is 0 Å². The van der Waals surface area contributed by atoms with Crippen LogP contribution in [-0.4, -0.2) is 44.0 Å². The molecule has 0 bridgehead atoms. The van der Waals surface area contributed by atoms with Gasteiger partial charge in [-0.15, -0.1) is 0 Å². The molecule has 4 atom stereocenters. The molecule has 0 N–H and O–H groups in total. The molecule has 0 amide bonds. The Morgan fingerprint density at radius 2 is 2.05 bits per heavy atom. The molecular weight excluding hydrogens is 272 g/mol. The monoisotopic (exact) mass is 298 g/mol. The summed E-state index contributed by atoms with van der Waals surface area (Å²) in [6.45, 7) is 2.21. The zero-order chi connectivity index (χ0) is 14.8. The Morgan fingerprint density at radius 1 is 1.30 bits per heavy atom. The fourth-order valence-electron chi connectivity index (χ4n) is 3.87. The fourth-order valence-corrected chi connectivity index (χ4v) is 5.66. The number of sulfone groups is 1. The van der Waals surface area contributed by atoms with Crippen molar-refractivity contribution >= 4 is 9.84 Å². The van der Waals surface area contributed by atoms with Gasteiger partial charge in [-0.05, 0) is 38.6 Å². The molecular formula is C15H26N2O2S. The van der Waals surface area contributed by atoms with Crippen LogP contribution in [0.3, 0.4) is 0 Å². The Labute approximate surface area is 123 Å². The summed E-state index contributed by atoms with van der Waals surface area (Å²) in [5, 5.41) is 9.38. The van der Waals surface area contributed by atoms with Crippen molar-refractivity contribution in [2.24, 2.45) is 11.8 Å². The second kappa shape index (κ2) is 6.44. The van der Waals surface area contributed by atoms with E-state index in [0.717, 1.165) is 25.7 Å². The van der Waals surface area contributed by atoms with Crippen molar-refractivity contribution in [3.05, 3.63) is 0 Å². The third-order valence-electron chi connectivity index (χ3n) is 5.10. The third kappa shape index (κ3) is 3.53. The van der Waals surface area contributed by atoms with E-state index < -0.39 is 9.84 Å². The van der Waals surface area contributed by atoms with Gasteiger partial charge >= 0.3 is 0 Å². The van der Waals surface area contributed by atoms with Crippen molar-refractivity contribution in [3.8, 4) is 6.07 Å². The SMILES string of the molecule is CCCC1CCC(C#N)C(N(C)C2CCS(=O)(=O)C2)C1. The maximum atomic E-state index is 11.7. The van der Waals surface area contributed by atoms with Crippen LogP contribution in [-0.2, 0) is 9.84 Å². The molecule has 5 heteroatoms. The standard InChI is InChI=1S/C15H26N2O2S/c1-3-4-12-5-6-13(10-16)15(9-12)17(2)14-7-8-20(18,19)11-14/h12-15H,3-9,11H2,1-2H3. The van der Waals surface area contributed by atoms with Crippen LogP contribution in [0.5, 0.6) is 0 Å². The minimum Gasteiger partial charge on any atom is -0.298 e. The molecule has 20 heavy (non-hydrogen) atoms. The number of hydrogen-bond acceptors (Lipinski definition) is 4. The molecule has 1 saturated heterocycles. The van der Waals surface area contributed by atoms with Gasteiger partial charge in [0.1, 0.15) is 0 Å². The highest BCUT2D eigenvalue weighted by Gasteiger charge is 2.39. The Bertz CT molecular complexity index is 469. The molecule has 0 aromatic rings. The van der Waals surface area contributed by atoms with Gasteiger partial charge in [-0.25, -0.2) is 8.42 Å². The van der Waals surface area contributed by atoms with E-state index in [9.17, 15) is 13.7 Å². The van der Waals surface area contributed by atoms with Crippen LogP contribution in [0.25, 0.3) is 0 Å². The van der Waals surface area contributed by atoms with E-state index in [2.05, 4.69) is 17.9 Å². The number of hydrogen-bond donors (Lipinski definition) is 0. The zero-order valence-corrected chi connectivity index (χ0v) is 13.4. The van der Waals surface area contributed by atoms with E-state index in [1.807, 2.05) is 7.05 Å². The van der Waals surface area contributed by atoms with Crippen LogP contribution >= 0.6 is 0 Å². The lowest BCUT2D eigenvalue weighted by Gasteiger charge is -2.41. The van der Waals surface area contributed by atoms with Gasteiger partial charge in [-0.2, -0.15) is 5.26 Å². The Balaban J connectivity index is 2.05. The summed E-state index contributed by atoms with van der Waals surface area (Å²) in [6, 6.07) is 2.80. The molecule has 0 aromatic carbocycles. The van der Waals surface area contributed by atoms with Crippen molar-refractivity contribution in [2.75, 3.05) is 18.6 Å². The molecule has 2 aliphatic rings. The predicted octanol–water partition coefficient (Wildman–Crippen LogP) is 2.21. The summed E-state index contributed by atoms with van der Waals surface area (Å²) in [6.07, 6.45) is 6.32. The average molecular weight is 298 g/mol. The molecule has 0 spiro atoms. The summed E-state index contributed by atoms with van der Waals surface area (Å²) < 4.78 is 23.3. The van der Waals surface area contributed by atoms with Gasteiger partial charge in [0, 0.05) is 12.1 Å². The van der Waals surface area contributed by atoms with Gasteiger partial charge in [0.05, 0.1) is 23.5 Å². The molecule has 2 rings (SSSR count). The van der Waals surface area contributed by atoms with Crippen molar-refractivity contribution < 1.29 is 8.42 Å². The Morgan fingerprint density at radius 3 is 2.60 bits per heavy atom. The fraction of sp³-hybridized carbons (Fsp3) is 0.933. The van der Waals surface area contributed by atoms with Gasteiger partial charge in [-0.3, -0.25) is 4.90 Å². The van der Waals surface area contributed by atoms with E-state index in [1.165, 1.54) is 12.8 Å². The van der Waals surface area contributed by atoms with Gasteiger partial charge in [0.25, 0.3) is 0 Å². The molecule has 114 valence electrons. The van der Waals surface area contributed by atoms with E-state index in [0.29, 0.717) is 11.7 Å².